The molecule has 3 heterocycles. The van der Waals surface area contributed by atoms with E-state index in [-0.39, 0.29) is 47.3 Å². The Labute approximate surface area is 220 Å². The molecule has 1 unspecified atom stereocenters. The summed E-state index contributed by atoms with van der Waals surface area (Å²) in [6.07, 6.45) is 1.57. The molecule has 0 radical (unpaired) electrons. The van der Waals surface area contributed by atoms with Crippen molar-refractivity contribution in [3.63, 3.8) is 0 Å². The summed E-state index contributed by atoms with van der Waals surface area (Å²) in [6, 6.07) is 14.6. The Morgan fingerprint density at radius 3 is 2.58 bits per heavy atom. The minimum absolute atomic E-state index is 0.0662. The zero-order chi connectivity index (χ0) is 27.3. The summed E-state index contributed by atoms with van der Waals surface area (Å²) in [5.74, 6) is 1.11. The average molecular weight is 539 g/mol. The molecule has 0 bridgehead atoms. The van der Waals surface area contributed by atoms with Crippen molar-refractivity contribution in [2.75, 3.05) is 23.4 Å². The van der Waals surface area contributed by atoms with Gasteiger partial charge in [0, 0.05) is 30.0 Å². The largest absolute Gasteiger partial charge is 0.420 e. The molecule has 1 aliphatic heterocycles. The van der Waals surface area contributed by atoms with Crippen LogP contribution in [0.1, 0.15) is 49.3 Å². The molecular weight excluding hydrogens is 508 g/mol. The first-order chi connectivity index (χ1) is 18.2. The standard InChI is InChI=1S/C18H20N6O4S.C8H10O/c1-9(2)16-23-24-17(28-16)12-8-20-18(22-15(12)19)21-10-3-4-14-11(7-10)13(25)5-6-29(14,26)27;9-7-6-8-4-2-1-3-5-8/h3-4,7-9,13,25H,5-6H2,1-2H3,(H3,19,20,21,22);1-5,9H,6-7H2. The van der Waals surface area contributed by atoms with Gasteiger partial charge in [-0.2, -0.15) is 4.98 Å². The van der Waals surface area contributed by atoms with Crippen LogP contribution in [-0.4, -0.2) is 51.2 Å². The molecule has 2 aromatic heterocycles. The summed E-state index contributed by atoms with van der Waals surface area (Å²) in [7, 11) is -3.37. The Hall–Kier alpha value is -3.87. The molecule has 2 aromatic carbocycles. The van der Waals surface area contributed by atoms with Crippen LogP contribution in [0, 0.1) is 0 Å². The van der Waals surface area contributed by atoms with Gasteiger partial charge in [0.25, 0.3) is 5.89 Å². The van der Waals surface area contributed by atoms with Crippen molar-refractivity contribution in [2.24, 2.45) is 0 Å². The smallest absolute Gasteiger partial charge is 0.253 e. The number of sulfone groups is 1. The number of nitrogen functional groups attached to an aromatic ring is 1. The fourth-order valence-electron chi connectivity index (χ4n) is 3.80. The molecule has 1 atom stereocenters. The van der Waals surface area contributed by atoms with Crippen LogP contribution in [-0.2, 0) is 16.3 Å². The van der Waals surface area contributed by atoms with E-state index in [1.54, 1.807) is 12.1 Å². The summed E-state index contributed by atoms with van der Waals surface area (Å²) >= 11 is 0. The molecule has 12 heteroatoms. The minimum Gasteiger partial charge on any atom is -0.420 e. The van der Waals surface area contributed by atoms with E-state index >= 15 is 0 Å². The topological polar surface area (TPSA) is 177 Å². The first kappa shape index (κ1) is 27.2. The number of aromatic nitrogens is 4. The third-order valence-electron chi connectivity index (χ3n) is 5.85. The van der Waals surface area contributed by atoms with Crippen LogP contribution in [0.2, 0.25) is 0 Å². The highest BCUT2D eigenvalue weighted by atomic mass is 32.2. The van der Waals surface area contributed by atoms with Crippen LogP contribution >= 0.6 is 0 Å². The number of hydrogen-bond acceptors (Lipinski definition) is 11. The number of nitrogens with one attached hydrogen (secondary N) is 1. The van der Waals surface area contributed by atoms with Gasteiger partial charge in [0.05, 0.1) is 22.3 Å². The number of hydrogen-bond donors (Lipinski definition) is 4. The van der Waals surface area contributed by atoms with E-state index in [9.17, 15) is 13.5 Å². The first-order valence-electron chi connectivity index (χ1n) is 12.1. The number of rotatable bonds is 6. The Morgan fingerprint density at radius 2 is 1.92 bits per heavy atom. The summed E-state index contributed by atoms with van der Waals surface area (Å²) in [5, 5.41) is 29.6. The van der Waals surface area contributed by atoms with Crippen LogP contribution in [0.25, 0.3) is 11.5 Å². The Balaban J connectivity index is 0.000000317. The van der Waals surface area contributed by atoms with Gasteiger partial charge in [-0.1, -0.05) is 44.2 Å². The predicted octanol–water partition coefficient (Wildman–Crippen LogP) is 3.41. The van der Waals surface area contributed by atoms with Crippen molar-refractivity contribution in [3.8, 4) is 11.5 Å². The van der Waals surface area contributed by atoms with Crippen molar-refractivity contribution >= 4 is 27.3 Å². The summed E-state index contributed by atoms with van der Waals surface area (Å²) in [5.41, 5.74) is 8.53. The molecular formula is C26H30N6O5S. The predicted molar refractivity (Wildman–Crippen MR) is 142 cm³/mol. The van der Waals surface area contributed by atoms with Crippen molar-refractivity contribution < 1.29 is 23.0 Å². The fourth-order valence-corrected chi connectivity index (χ4v) is 5.38. The normalized spacial score (nSPS) is 15.9. The molecule has 200 valence electrons. The van der Waals surface area contributed by atoms with Gasteiger partial charge in [-0.25, -0.2) is 13.4 Å². The summed E-state index contributed by atoms with van der Waals surface area (Å²) in [6.45, 7) is 4.11. The molecule has 1 aliphatic rings. The number of anilines is 3. The lowest BCUT2D eigenvalue weighted by Gasteiger charge is -2.22. The monoisotopic (exact) mass is 538 g/mol. The highest BCUT2D eigenvalue weighted by Crippen LogP contribution is 2.34. The van der Waals surface area contributed by atoms with Gasteiger partial charge in [-0.15, -0.1) is 10.2 Å². The second kappa shape index (κ2) is 11.7. The van der Waals surface area contributed by atoms with Crippen molar-refractivity contribution in [1.29, 1.82) is 0 Å². The van der Waals surface area contributed by atoms with Crippen LogP contribution in [0.3, 0.4) is 0 Å². The molecule has 0 aliphatic carbocycles. The molecule has 0 fully saturated rings. The Bertz CT molecular complexity index is 1490. The number of nitrogens with zero attached hydrogens (tertiary/aromatic N) is 4. The Kier molecular flexibility index (Phi) is 8.35. The molecule has 0 saturated heterocycles. The zero-order valence-electron chi connectivity index (χ0n) is 21.1. The van der Waals surface area contributed by atoms with Crippen LogP contribution in [0.4, 0.5) is 17.5 Å². The molecule has 0 amide bonds. The molecule has 0 spiro atoms. The third-order valence-corrected chi connectivity index (χ3v) is 7.66. The molecule has 11 nitrogen and oxygen atoms in total. The van der Waals surface area contributed by atoms with E-state index in [4.69, 9.17) is 15.3 Å². The molecule has 5 N–H and O–H groups in total. The number of nitrogens with two attached hydrogens (primary N) is 1. The van der Waals surface area contributed by atoms with E-state index in [1.807, 2.05) is 44.2 Å². The van der Waals surface area contributed by atoms with E-state index in [0.717, 1.165) is 6.42 Å². The highest BCUT2D eigenvalue weighted by molar-refractivity contribution is 7.91. The lowest BCUT2D eigenvalue weighted by Crippen LogP contribution is -2.20. The number of aliphatic hydroxyl groups excluding tert-OH is 2. The summed E-state index contributed by atoms with van der Waals surface area (Å²) in [4.78, 5) is 8.57. The third kappa shape index (κ3) is 6.33. The van der Waals surface area contributed by atoms with Gasteiger partial charge in [0.15, 0.2) is 9.84 Å². The number of benzene rings is 2. The van der Waals surface area contributed by atoms with Crippen molar-refractivity contribution in [3.05, 3.63) is 71.7 Å². The van der Waals surface area contributed by atoms with Crippen LogP contribution in [0.15, 0.2) is 64.0 Å². The first-order valence-corrected chi connectivity index (χ1v) is 13.8. The maximum absolute atomic E-state index is 12.2. The lowest BCUT2D eigenvalue weighted by atomic mass is 10.1. The summed E-state index contributed by atoms with van der Waals surface area (Å²) < 4.78 is 29.9. The molecule has 0 saturated carbocycles. The van der Waals surface area contributed by atoms with E-state index in [1.165, 1.54) is 17.8 Å². The van der Waals surface area contributed by atoms with Gasteiger partial charge in [-0.05, 0) is 36.6 Å². The maximum Gasteiger partial charge on any atom is 0.253 e. The highest BCUT2D eigenvalue weighted by Gasteiger charge is 2.29. The quantitative estimate of drug-likeness (QED) is 0.283. The van der Waals surface area contributed by atoms with Gasteiger partial charge < -0.3 is 25.7 Å². The van der Waals surface area contributed by atoms with E-state index < -0.39 is 15.9 Å². The van der Waals surface area contributed by atoms with Crippen LogP contribution in [0.5, 0.6) is 0 Å². The van der Waals surface area contributed by atoms with Gasteiger partial charge in [-0.3, -0.25) is 0 Å². The molecule has 38 heavy (non-hydrogen) atoms. The van der Waals surface area contributed by atoms with Crippen molar-refractivity contribution in [1.82, 2.24) is 20.2 Å². The minimum atomic E-state index is -3.37. The molecule has 5 rings (SSSR count). The fraction of sp³-hybridized carbons (Fsp3) is 0.308. The second-order valence-electron chi connectivity index (χ2n) is 9.05. The van der Waals surface area contributed by atoms with Gasteiger partial charge >= 0.3 is 0 Å². The Morgan fingerprint density at radius 1 is 1.16 bits per heavy atom. The number of aliphatic hydroxyl groups is 2. The van der Waals surface area contributed by atoms with Gasteiger partial charge in [0.1, 0.15) is 5.82 Å². The average Bonchev–Trinajstić information content (AvgIpc) is 3.38. The lowest BCUT2D eigenvalue weighted by molar-refractivity contribution is 0.168. The SMILES string of the molecule is CC(C)c1nnc(-c2cnc(Nc3ccc4c(c3)C(O)CCS4(=O)=O)nc2N)o1.OCCc1ccccc1. The number of fused-ring (bicyclic) bond motifs is 1. The zero-order valence-corrected chi connectivity index (χ0v) is 21.9. The van der Waals surface area contributed by atoms with Crippen LogP contribution < -0.4 is 11.1 Å². The van der Waals surface area contributed by atoms with Gasteiger partial charge in [0.2, 0.25) is 11.8 Å². The van der Waals surface area contributed by atoms with E-state index in [0.29, 0.717) is 22.7 Å². The second-order valence-corrected chi connectivity index (χ2v) is 11.1. The molecule has 4 aromatic rings. The van der Waals surface area contributed by atoms with Crippen molar-refractivity contribution in [2.45, 2.75) is 43.6 Å². The van der Waals surface area contributed by atoms with E-state index in [2.05, 4.69) is 25.5 Å². The maximum atomic E-state index is 12.2.